The Kier molecular flexibility index (Phi) is 4.85. The zero-order valence-electron chi connectivity index (χ0n) is 15.2. The van der Waals surface area contributed by atoms with Gasteiger partial charge in [-0.15, -0.1) is 0 Å². The molecule has 0 aliphatic carbocycles. The summed E-state index contributed by atoms with van der Waals surface area (Å²) < 4.78 is 6.68. The molecule has 0 saturated heterocycles. The van der Waals surface area contributed by atoms with Crippen LogP contribution in [0.4, 0.5) is 11.4 Å². The lowest BCUT2D eigenvalue weighted by Crippen LogP contribution is -2.12. The van der Waals surface area contributed by atoms with Crippen LogP contribution in [0.1, 0.15) is 15.9 Å². The van der Waals surface area contributed by atoms with Crippen molar-refractivity contribution in [2.24, 2.45) is 0 Å². The smallest absolute Gasteiger partial charge is 0.272 e. The summed E-state index contributed by atoms with van der Waals surface area (Å²) in [7, 11) is 0. The molecule has 0 aliphatic rings. The number of hydrogen-bond acceptors (Lipinski definition) is 5. The number of aromatic nitrogens is 1. The van der Waals surface area contributed by atoms with Gasteiger partial charge in [0.2, 0.25) is 5.89 Å². The maximum atomic E-state index is 12.5. The first-order chi connectivity index (χ1) is 13.9. The van der Waals surface area contributed by atoms with Crippen molar-refractivity contribution in [2.45, 2.75) is 6.92 Å². The summed E-state index contributed by atoms with van der Waals surface area (Å²) in [5.41, 5.74) is 3.31. The van der Waals surface area contributed by atoms with Gasteiger partial charge in [-0.2, -0.15) is 0 Å². The number of halogens is 1. The van der Waals surface area contributed by atoms with Gasteiger partial charge in [0.05, 0.1) is 10.5 Å². The summed E-state index contributed by atoms with van der Waals surface area (Å²) in [6, 6.07) is 17.0. The second-order valence-electron chi connectivity index (χ2n) is 6.39. The van der Waals surface area contributed by atoms with E-state index in [9.17, 15) is 14.9 Å². The summed E-state index contributed by atoms with van der Waals surface area (Å²) in [5.74, 6) is 0.110. The summed E-state index contributed by atoms with van der Waals surface area (Å²) in [5, 5.41) is 13.7. The second kappa shape index (κ2) is 7.48. The van der Waals surface area contributed by atoms with Crippen molar-refractivity contribution in [2.75, 3.05) is 5.32 Å². The van der Waals surface area contributed by atoms with Crippen LogP contribution in [0.15, 0.2) is 69.6 Å². The third-order valence-corrected chi connectivity index (χ3v) is 5.10. The minimum atomic E-state index is -0.474. The Labute approximate surface area is 173 Å². The molecule has 0 saturated carbocycles. The highest BCUT2D eigenvalue weighted by molar-refractivity contribution is 9.10. The number of fused-ring (bicyclic) bond motifs is 1. The summed E-state index contributed by atoms with van der Waals surface area (Å²) in [4.78, 5) is 27.5. The van der Waals surface area contributed by atoms with E-state index >= 15 is 0 Å². The Hall–Kier alpha value is -3.52. The Balaban J connectivity index is 1.60. The number of carbonyl (C=O) groups is 1. The molecule has 0 unspecified atom stereocenters. The standard InChI is InChI=1S/C21H14BrN3O4/c1-12-10-13(6-8-18(12)25(27)28)20(26)23-14-7-9-19-17(11-14)24-21(29-19)15-4-2-3-5-16(15)22/h2-11H,1H3,(H,23,26). The van der Waals surface area contributed by atoms with Crippen molar-refractivity contribution >= 4 is 44.3 Å². The zero-order valence-corrected chi connectivity index (χ0v) is 16.8. The first kappa shape index (κ1) is 18.8. The molecule has 29 heavy (non-hydrogen) atoms. The molecule has 0 spiro atoms. The van der Waals surface area contributed by atoms with Crippen molar-refractivity contribution < 1.29 is 14.1 Å². The number of amides is 1. The van der Waals surface area contributed by atoms with E-state index in [2.05, 4.69) is 26.2 Å². The monoisotopic (exact) mass is 451 g/mol. The molecule has 0 aliphatic heterocycles. The summed E-state index contributed by atoms with van der Waals surface area (Å²) in [6.45, 7) is 1.60. The van der Waals surface area contributed by atoms with Crippen molar-refractivity contribution in [3.63, 3.8) is 0 Å². The van der Waals surface area contributed by atoms with E-state index in [1.165, 1.54) is 18.2 Å². The van der Waals surface area contributed by atoms with Crippen LogP contribution < -0.4 is 5.32 Å². The number of nitro groups is 1. The first-order valence-corrected chi connectivity index (χ1v) is 9.43. The molecule has 4 aromatic rings. The number of rotatable bonds is 4. The highest BCUT2D eigenvalue weighted by Crippen LogP contribution is 2.31. The van der Waals surface area contributed by atoms with E-state index in [4.69, 9.17) is 4.42 Å². The van der Waals surface area contributed by atoms with Crippen LogP contribution in [-0.4, -0.2) is 15.8 Å². The van der Waals surface area contributed by atoms with Gasteiger partial charge in [0.15, 0.2) is 5.58 Å². The lowest BCUT2D eigenvalue weighted by molar-refractivity contribution is -0.385. The number of hydrogen-bond donors (Lipinski definition) is 1. The Morgan fingerprint density at radius 1 is 1.14 bits per heavy atom. The molecular formula is C21H14BrN3O4. The first-order valence-electron chi connectivity index (χ1n) is 8.64. The van der Waals surface area contributed by atoms with Crippen LogP contribution in [0, 0.1) is 17.0 Å². The number of benzene rings is 3. The molecular weight excluding hydrogens is 438 g/mol. The molecule has 0 radical (unpaired) electrons. The Morgan fingerprint density at radius 3 is 2.66 bits per heavy atom. The van der Waals surface area contributed by atoms with Gasteiger partial charge in [-0.25, -0.2) is 4.98 Å². The molecule has 7 nitrogen and oxygen atoms in total. The number of nitro benzene ring substituents is 1. The number of nitrogens with zero attached hydrogens (tertiary/aromatic N) is 2. The van der Waals surface area contributed by atoms with Crippen LogP contribution in [0.3, 0.4) is 0 Å². The van der Waals surface area contributed by atoms with Crippen molar-refractivity contribution in [3.05, 3.63) is 86.4 Å². The Bertz CT molecular complexity index is 1270. The number of aryl methyl sites for hydroxylation is 1. The quantitative estimate of drug-likeness (QED) is 0.315. The molecule has 0 bridgehead atoms. The summed E-state index contributed by atoms with van der Waals surface area (Å²) in [6.07, 6.45) is 0. The van der Waals surface area contributed by atoms with Gasteiger partial charge >= 0.3 is 0 Å². The average molecular weight is 452 g/mol. The average Bonchev–Trinajstić information content (AvgIpc) is 3.11. The third-order valence-electron chi connectivity index (χ3n) is 4.41. The maximum Gasteiger partial charge on any atom is 0.272 e. The van der Waals surface area contributed by atoms with E-state index in [1.54, 1.807) is 25.1 Å². The van der Waals surface area contributed by atoms with Gasteiger partial charge in [-0.05, 0) is 65.3 Å². The SMILES string of the molecule is Cc1cc(C(=O)Nc2ccc3oc(-c4ccccc4Br)nc3c2)ccc1[N+](=O)[O-]. The normalized spacial score (nSPS) is 10.8. The molecule has 1 heterocycles. The van der Waals surface area contributed by atoms with E-state index in [-0.39, 0.29) is 11.6 Å². The van der Waals surface area contributed by atoms with Crippen LogP contribution in [-0.2, 0) is 0 Å². The predicted octanol–water partition coefficient (Wildman–Crippen LogP) is 5.73. The molecule has 1 N–H and O–H groups in total. The minimum Gasteiger partial charge on any atom is -0.436 e. The maximum absolute atomic E-state index is 12.5. The summed E-state index contributed by atoms with van der Waals surface area (Å²) >= 11 is 3.48. The minimum absolute atomic E-state index is 0.0230. The van der Waals surface area contributed by atoms with Crippen molar-refractivity contribution in [1.82, 2.24) is 4.98 Å². The number of anilines is 1. The van der Waals surface area contributed by atoms with Crippen molar-refractivity contribution in [1.29, 1.82) is 0 Å². The van der Waals surface area contributed by atoms with Crippen LogP contribution in [0.5, 0.6) is 0 Å². The molecule has 4 rings (SSSR count). The van der Waals surface area contributed by atoms with Gasteiger partial charge in [0.25, 0.3) is 11.6 Å². The highest BCUT2D eigenvalue weighted by Gasteiger charge is 2.15. The molecule has 8 heteroatoms. The third kappa shape index (κ3) is 3.74. The molecule has 144 valence electrons. The zero-order chi connectivity index (χ0) is 20.5. The van der Waals surface area contributed by atoms with Crippen LogP contribution >= 0.6 is 15.9 Å². The number of nitrogens with one attached hydrogen (secondary N) is 1. The predicted molar refractivity (Wildman–Crippen MR) is 113 cm³/mol. The lowest BCUT2D eigenvalue weighted by Gasteiger charge is -2.06. The van der Waals surface area contributed by atoms with Gasteiger partial charge < -0.3 is 9.73 Å². The number of oxazole rings is 1. The van der Waals surface area contributed by atoms with Gasteiger partial charge in [-0.1, -0.05) is 12.1 Å². The number of carbonyl (C=O) groups excluding carboxylic acids is 1. The van der Waals surface area contributed by atoms with Crippen molar-refractivity contribution in [3.8, 4) is 11.5 Å². The largest absolute Gasteiger partial charge is 0.436 e. The van der Waals surface area contributed by atoms with E-state index in [0.717, 1.165) is 10.0 Å². The molecule has 0 fully saturated rings. The fourth-order valence-electron chi connectivity index (χ4n) is 2.96. The van der Waals surface area contributed by atoms with Gasteiger partial charge in [-0.3, -0.25) is 14.9 Å². The highest BCUT2D eigenvalue weighted by atomic mass is 79.9. The fraction of sp³-hybridized carbons (Fsp3) is 0.0476. The molecule has 0 atom stereocenters. The van der Waals surface area contributed by atoms with Gasteiger partial charge in [0, 0.05) is 27.4 Å². The molecule has 3 aromatic carbocycles. The topological polar surface area (TPSA) is 98.3 Å². The van der Waals surface area contributed by atoms with E-state index < -0.39 is 4.92 Å². The van der Waals surface area contributed by atoms with Crippen LogP contribution in [0.25, 0.3) is 22.6 Å². The Morgan fingerprint density at radius 2 is 1.93 bits per heavy atom. The van der Waals surface area contributed by atoms with Crippen LogP contribution in [0.2, 0.25) is 0 Å². The van der Waals surface area contributed by atoms with E-state index in [0.29, 0.717) is 33.8 Å². The molecule has 1 amide bonds. The molecule has 1 aromatic heterocycles. The second-order valence-corrected chi connectivity index (χ2v) is 7.25. The lowest BCUT2D eigenvalue weighted by atomic mass is 10.1. The van der Waals surface area contributed by atoms with Gasteiger partial charge in [0.1, 0.15) is 5.52 Å². The fourth-order valence-corrected chi connectivity index (χ4v) is 3.41. The van der Waals surface area contributed by atoms with E-state index in [1.807, 2.05) is 24.3 Å².